The van der Waals surface area contributed by atoms with Crippen molar-refractivity contribution < 1.29 is 17.6 Å². The topological polar surface area (TPSA) is 87.3 Å². The molecule has 1 fully saturated rings. The average molecular weight is 329 g/mol. The van der Waals surface area contributed by atoms with Crippen molar-refractivity contribution in [3.05, 3.63) is 30.1 Å². The van der Waals surface area contributed by atoms with Crippen LogP contribution in [0.5, 0.6) is 0 Å². The third-order valence-electron chi connectivity index (χ3n) is 3.56. The number of halogens is 1. The fourth-order valence-electron chi connectivity index (χ4n) is 2.05. The number of anilines is 1. The zero-order chi connectivity index (χ0) is 16.0. The SMILES string of the molecule is O=C(NCCS(=O)(=O)NCC1CCC1)Nc1cccc(F)c1. The minimum Gasteiger partial charge on any atom is -0.337 e. The lowest BCUT2D eigenvalue weighted by molar-refractivity contribution is 0.252. The Labute approximate surface area is 129 Å². The maximum Gasteiger partial charge on any atom is 0.319 e. The van der Waals surface area contributed by atoms with Gasteiger partial charge in [0.15, 0.2) is 0 Å². The molecule has 1 saturated carbocycles. The Kier molecular flexibility index (Phi) is 5.73. The third kappa shape index (κ3) is 5.61. The van der Waals surface area contributed by atoms with Crippen LogP contribution in [0.15, 0.2) is 24.3 Å². The standard InChI is InChI=1S/C14H20FN3O3S/c15-12-5-2-6-13(9-12)18-14(19)16-7-8-22(20,21)17-10-11-3-1-4-11/h2,5-6,9,11,17H,1,3-4,7-8,10H2,(H2,16,18,19). The number of amides is 2. The number of carbonyl (C=O) groups is 1. The molecule has 22 heavy (non-hydrogen) atoms. The summed E-state index contributed by atoms with van der Waals surface area (Å²) in [6.45, 7) is 0.457. The number of urea groups is 1. The van der Waals surface area contributed by atoms with Crippen molar-refractivity contribution in [2.45, 2.75) is 19.3 Å². The van der Waals surface area contributed by atoms with E-state index >= 15 is 0 Å². The molecule has 3 N–H and O–H groups in total. The zero-order valence-electron chi connectivity index (χ0n) is 12.1. The molecule has 0 heterocycles. The van der Waals surface area contributed by atoms with Gasteiger partial charge in [0.05, 0.1) is 5.75 Å². The molecule has 1 aromatic rings. The minimum atomic E-state index is -3.38. The maximum absolute atomic E-state index is 13.0. The van der Waals surface area contributed by atoms with Gasteiger partial charge in [0.1, 0.15) is 5.82 Å². The van der Waals surface area contributed by atoms with Crippen LogP contribution in [0.2, 0.25) is 0 Å². The predicted molar refractivity (Wildman–Crippen MR) is 82.6 cm³/mol. The first-order chi connectivity index (χ1) is 10.4. The van der Waals surface area contributed by atoms with E-state index in [1.807, 2.05) is 0 Å². The van der Waals surface area contributed by atoms with Crippen LogP contribution in [0, 0.1) is 11.7 Å². The van der Waals surface area contributed by atoms with Gasteiger partial charge in [0.2, 0.25) is 10.0 Å². The van der Waals surface area contributed by atoms with Crippen molar-refractivity contribution in [1.29, 1.82) is 0 Å². The van der Waals surface area contributed by atoms with E-state index in [0.29, 0.717) is 18.2 Å². The second-order valence-electron chi connectivity index (χ2n) is 5.36. The Balaban J connectivity index is 1.67. The van der Waals surface area contributed by atoms with Crippen LogP contribution in [-0.4, -0.2) is 33.3 Å². The molecule has 2 rings (SSSR count). The molecule has 0 bridgehead atoms. The highest BCUT2D eigenvalue weighted by Crippen LogP contribution is 2.25. The Morgan fingerprint density at radius 3 is 2.73 bits per heavy atom. The molecule has 0 aliphatic heterocycles. The van der Waals surface area contributed by atoms with Crippen molar-refractivity contribution in [1.82, 2.24) is 10.0 Å². The lowest BCUT2D eigenvalue weighted by atomic mass is 9.86. The first-order valence-corrected chi connectivity index (χ1v) is 8.87. The van der Waals surface area contributed by atoms with E-state index in [1.54, 1.807) is 6.07 Å². The minimum absolute atomic E-state index is 0.0127. The lowest BCUT2D eigenvalue weighted by Gasteiger charge is -2.25. The smallest absolute Gasteiger partial charge is 0.319 e. The zero-order valence-corrected chi connectivity index (χ0v) is 13.0. The highest BCUT2D eigenvalue weighted by atomic mass is 32.2. The molecule has 1 aliphatic carbocycles. The van der Waals surface area contributed by atoms with Crippen LogP contribution in [-0.2, 0) is 10.0 Å². The molecule has 0 spiro atoms. The Hall–Kier alpha value is -1.67. The molecule has 2 amide bonds. The molecule has 8 heteroatoms. The quantitative estimate of drug-likeness (QED) is 0.711. The predicted octanol–water partition coefficient (Wildman–Crippen LogP) is 1.67. The van der Waals surface area contributed by atoms with Crippen LogP contribution in [0.25, 0.3) is 0 Å². The number of hydrogen-bond acceptors (Lipinski definition) is 3. The van der Waals surface area contributed by atoms with Gasteiger partial charge in [0.25, 0.3) is 0 Å². The van der Waals surface area contributed by atoms with Crippen LogP contribution in [0.3, 0.4) is 0 Å². The van der Waals surface area contributed by atoms with E-state index in [1.165, 1.54) is 18.2 Å². The van der Waals surface area contributed by atoms with E-state index in [0.717, 1.165) is 19.3 Å². The molecule has 0 unspecified atom stereocenters. The normalized spacial score (nSPS) is 15.1. The third-order valence-corrected chi connectivity index (χ3v) is 4.90. The summed E-state index contributed by atoms with van der Waals surface area (Å²) in [5, 5.41) is 4.86. The van der Waals surface area contributed by atoms with Gasteiger partial charge in [0, 0.05) is 18.8 Å². The second kappa shape index (κ2) is 7.55. The number of rotatable bonds is 7. The van der Waals surface area contributed by atoms with Gasteiger partial charge in [-0.05, 0) is 37.0 Å². The van der Waals surface area contributed by atoms with Crippen LogP contribution >= 0.6 is 0 Å². The first kappa shape index (κ1) is 16.7. The molecule has 0 atom stereocenters. The van der Waals surface area contributed by atoms with E-state index < -0.39 is 21.9 Å². The summed E-state index contributed by atoms with van der Waals surface area (Å²) in [5.41, 5.74) is 0.309. The van der Waals surface area contributed by atoms with E-state index in [4.69, 9.17) is 0 Å². The summed E-state index contributed by atoms with van der Waals surface area (Å²) < 4.78 is 38.9. The average Bonchev–Trinajstić information content (AvgIpc) is 2.36. The van der Waals surface area contributed by atoms with Gasteiger partial charge in [-0.25, -0.2) is 22.3 Å². The van der Waals surface area contributed by atoms with Gasteiger partial charge in [-0.3, -0.25) is 0 Å². The lowest BCUT2D eigenvalue weighted by Crippen LogP contribution is -2.38. The van der Waals surface area contributed by atoms with Crippen molar-refractivity contribution in [2.75, 3.05) is 24.2 Å². The summed E-state index contributed by atoms with van der Waals surface area (Å²) in [5.74, 6) is -0.199. The summed E-state index contributed by atoms with van der Waals surface area (Å²) in [6.07, 6.45) is 3.29. The number of benzene rings is 1. The fourth-order valence-corrected chi connectivity index (χ4v) is 3.06. The Morgan fingerprint density at radius 2 is 2.09 bits per heavy atom. The maximum atomic E-state index is 13.0. The van der Waals surface area contributed by atoms with Crippen LogP contribution in [0.4, 0.5) is 14.9 Å². The monoisotopic (exact) mass is 329 g/mol. The molecular weight excluding hydrogens is 309 g/mol. The van der Waals surface area contributed by atoms with Crippen molar-refractivity contribution in [3.63, 3.8) is 0 Å². The molecule has 1 aliphatic rings. The number of carbonyl (C=O) groups excluding carboxylic acids is 1. The molecule has 6 nitrogen and oxygen atoms in total. The fraction of sp³-hybridized carbons (Fsp3) is 0.500. The van der Waals surface area contributed by atoms with E-state index in [2.05, 4.69) is 15.4 Å². The summed E-state index contributed by atoms with van der Waals surface area (Å²) in [6, 6.07) is 4.89. The first-order valence-electron chi connectivity index (χ1n) is 7.22. The summed E-state index contributed by atoms with van der Waals surface area (Å²) in [7, 11) is -3.38. The van der Waals surface area contributed by atoms with Crippen LogP contribution < -0.4 is 15.4 Å². The molecule has 0 saturated heterocycles. The van der Waals surface area contributed by atoms with Crippen molar-refractivity contribution >= 4 is 21.7 Å². The summed E-state index contributed by atoms with van der Waals surface area (Å²) >= 11 is 0. The van der Waals surface area contributed by atoms with Gasteiger partial charge in [-0.2, -0.15) is 0 Å². The van der Waals surface area contributed by atoms with Gasteiger partial charge >= 0.3 is 6.03 Å². The molecule has 122 valence electrons. The van der Waals surface area contributed by atoms with E-state index in [9.17, 15) is 17.6 Å². The molecule has 1 aromatic carbocycles. The largest absolute Gasteiger partial charge is 0.337 e. The Bertz CT molecular complexity index is 618. The molecular formula is C14H20FN3O3S. The highest BCUT2D eigenvalue weighted by molar-refractivity contribution is 7.89. The number of sulfonamides is 1. The van der Waals surface area contributed by atoms with Crippen molar-refractivity contribution in [3.8, 4) is 0 Å². The summed E-state index contributed by atoms with van der Waals surface area (Å²) in [4.78, 5) is 11.6. The van der Waals surface area contributed by atoms with Gasteiger partial charge in [-0.1, -0.05) is 12.5 Å². The molecule has 0 aromatic heterocycles. The van der Waals surface area contributed by atoms with E-state index in [-0.39, 0.29) is 12.3 Å². The number of hydrogen-bond donors (Lipinski definition) is 3. The second-order valence-corrected chi connectivity index (χ2v) is 7.28. The van der Waals surface area contributed by atoms with Gasteiger partial charge < -0.3 is 10.6 Å². The Morgan fingerprint density at radius 1 is 1.32 bits per heavy atom. The highest BCUT2D eigenvalue weighted by Gasteiger charge is 2.20. The molecule has 0 radical (unpaired) electrons. The van der Waals surface area contributed by atoms with Gasteiger partial charge in [-0.15, -0.1) is 0 Å². The number of nitrogens with one attached hydrogen (secondary N) is 3. The van der Waals surface area contributed by atoms with Crippen molar-refractivity contribution in [2.24, 2.45) is 5.92 Å². The van der Waals surface area contributed by atoms with Crippen LogP contribution in [0.1, 0.15) is 19.3 Å².